The molecule has 2 aromatic carbocycles. The molecule has 2 atom stereocenters. The van der Waals surface area contributed by atoms with Crippen LogP contribution in [0, 0.1) is 0 Å². The average Bonchev–Trinajstić information content (AvgIpc) is 2.47. The fourth-order valence-corrected chi connectivity index (χ4v) is 3.01. The predicted octanol–water partition coefficient (Wildman–Crippen LogP) is 4.53. The van der Waals surface area contributed by atoms with Gasteiger partial charge < -0.3 is 15.2 Å². The average molecular weight is 324 g/mol. The van der Waals surface area contributed by atoms with Crippen LogP contribution in [0.25, 0.3) is 0 Å². The van der Waals surface area contributed by atoms with E-state index in [9.17, 15) is 0 Å². The number of benzene rings is 2. The molecule has 1 aliphatic rings. The van der Waals surface area contributed by atoms with Crippen LogP contribution >= 0.6 is 23.2 Å². The highest BCUT2D eigenvalue weighted by atomic mass is 35.5. The van der Waals surface area contributed by atoms with E-state index in [-0.39, 0.29) is 12.1 Å². The Balaban J connectivity index is 1.92. The van der Waals surface area contributed by atoms with Crippen molar-refractivity contribution in [2.45, 2.75) is 18.6 Å². The molecule has 1 unspecified atom stereocenters. The summed E-state index contributed by atoms with van der Waals surface area (Å²) in [6, 6.07) is 11.0. The lowest BCUT2D eigenvalue weighted by molar-refractivity contribution is 0.161. The van der Waals surface area contributed by atoms with Crippen molar-refractivity contribution in [1.29, 1.82) is 0 Å². The van der Waals surface area contributed by atoms with Gasteiger partial charge in [0.1, 0.15) is 17.6 Å². The number of hydrogen-bond donors (Lipinski definition) is 1. The Kier molecular flexibility index (Phi) is 3.98. The Bertz CT molecular complexity index is 675. The molecule has 0 aliphatic carbocycles. The summed E-state index contributed by atoms with van der Waals surface area (Å²) in [5, 5.41) is 1.23. The van der Waals surface area contributed by atoms with E-state index in [1.807, 2.05) is 30.3 Å². The molecule has 2 aromatic rings. The third kappa shape index (κ3) is 2.82. The molecule has 0 saturated carbocycles. The van der Waals surface area contributed by atoms with Crippen molar-refractivity contribution < 1.29 is 9.47 Å². The van der Waals surface area contributed by atoms with Crippen LogP contribution in [0.2, 0.25) is 10.0 Å². The van der Waals surface area contributed by atoms with Gasteiger partial charge in [0.25, 0.3) is 0 Å². The molecule has 1 heterocycles. The predicted molar refractivity (Wildman–Crippen MR) is 84.4 cm³/mol. The topological polar surface area (TPSA) is 44.5 Å². The minimum absolute atomic E-state index is 0.113. The lowest BCUT2D eigenvalue weighted by Crippen LogP contribution is -2.24. The number of rotatable bonds is 2. The Morgan fingerprint density at radius 2 is 2.00 bits per heavy atom. The van der Waals surface area contributed by atoms with E-state index in [2.05, 4.69) is 0 Å². The summed E-state index contributed by atoms with van der Waals surface area (Å²) < 4.78 is 11.2. The molecule has 0 amide bonds. The molecule has 3 rings (SSSR count). The molecule has 0 spiro atoms. The quantitative estimate of drug-likeness (QED) is 0.883. The first-order valence-electron chi connectivity index (χ1n) is 6.63. The van der Waals surface area contributed by atoms with Crippen molar-refractivity contribution >= 4 is 23.2 Å². The summed E-state index contributed by atoms with van der Waals surface area (Å²) in [6.45, 7) is 0. The van der Waals surface area contributed by atoms with Gasteiger partial charge in [-0.15, -0.1) is 0 Å². The van der Waals surface area contributed by atoms with Gasteiger partial charge in [0.15, 0.2) is 0 Å². The van der Waals surface area contributed by atoms with E-state index in [1.165, 1.54) is 0 Å². The van der Waals surface area contributed by atoms with Crippen LogP contribution in [0.15, 0.2) is 36.4 Å². The van der Waals surface area contributed by atoms with Crippen molar-refractivity contribution in [1.82, 2.24) is 0 Å². The third-order valence-corrected chi connectivity index (χ3v) is 4.19. The number of nitrogens with two attached hydrogens (primary N) is 1. The van der Waals surface area contributed by atoms with Gasteiger partial charge in [0.2, 0.25) is 0 Å². The van der Waals surface area contributed by atoms with E-state index in [4.69, 9.17) is 38.4 Å². The normalized spacial score (nSPS) is 20.6. The van der Waals surface area contributed by atoms with Crippen molar-refractivity contribution in [3.63, 3.8) is 0 Å². The molecular weight excluding hydrogens is 309 g/mol. The molecule has 2 N–H and O–H groups in total. The highest BCUT2D eigenvalue weighted by molar-refractivity contribution is 6.32. The SMILES string of the molecule is COc1ccc(C2C[C@@H](N)c3cc(Cl)ccc3O2)cc1Cl. The van der Waals surface area contributed by atoms with Crippen LogP contribution in [0.5, 0.6) is 11.5 Å². The molecule has 21 heavy (non-hydrogen) atoms. The molecule has 0 radical (unpaired) electrons. The molecule has 0 fully saturated rings. The number of hydrogen-bond acceptors (Lipinski definition) is 3. The maximum Gasteiger partial charge on any atom is 0.137 e. The first kappa shape index (κ1) is 14.5. The van der Waals surface area contributed by atoms with Crippen LogP contribution < -0.4 is 15.2 Å². The van der Waals surface area contributed by atoms with Crippen molar-refractivity contribution in [3.05, 3.63) is 57.6 Å². The fourth-order valence-electron chi connectivity index (χ4n) is 2.56. The highest BCUT2D eigenvalue weighted by Crippen LogP contribution is 2.41. The number of fused-ring (bicyclic) bond motifs is 1. The third-order valence-electron chi connectivity index (χ3n) is 3.66. The molecule has 5 heteroatoms. The molecule has 0 aromatic heterocycles. The van der Waals surface area contributed by atoms with E-state index in [0.717, 1.165) is 16.9 Å². The zero-order valence-corrected chi connectivity index (χ0v) is 13.0. The van der Waals surface area contributed by atoms with Gasteiger partial charge in [0, 0.05) is 23.0 Å². The number of halogens is 2. The monoisotopic (exact) mass is 323 g/mol. The minimum atomic E-state index is -0.128. The Hall–Kier alpha value is -1.42. The summed E-state index contributed by atoms with van der Waals surface area (Å²) in [6.07, 6.45) is 0.549. The summed E-state index contributed by atoms with van der Waals surface area (Å²) in [4.78, 5) is 0. The number of methoxy groups -OCH3 is 1. The second-order valence-corrected chi connectivity index (χ2v) is 5.87. The Morgan fingerprint density at radius 3 is 2.71 bits per heavy atom. The van der Waals surface area contributed by atoms with Crippen molar-refractivity contribution in [3.8, 4) is 11.5 Å². The van der Waals surface area contributed by atoms with Gasteiger partial charge in [-0.3, -0.25) is 0 Å². The zero-order valence-electron chi connectivity index (χ0n) is 11.5. The van der Waals surface area contributed by atoms with Crippen LogP contribution in [0.4, 0.5) is 0 Å². The maximum absolute atomic E-state index is 6.24. The minimum Gasteiger partial charge on any atom is -0.495 e. The molecule has 3 nitrogen and oxygen atoms in total. The van der Waals surface area contributed by atoms with Crippen LogP contribution in [0.3, 0.4) is 0 Å². The van der Waals surface area contributed by atoms with Gasteiger partial charge in [-0.05, 0) is 35.9 Å². The van der Waals surface area contributed by atoms with E-state index in [1.54, 1.807) is 13.2 Å². The largest absolute Gasteiger partial charge is 0.495 e. The molecule has 1 aliphatic heterocycles. The Labute approximate surface area is 133 Å². The van der Waals surface area contributed by atoms with E-state index in [0.29, 0.717) is 22.2 Å². The van der Waals surface area contributed by atoms with E-state index >= 15 is 0 Å². The summed E-state index contributed by atoms with van der Waals surface area (Å²) in [7, 11) is 1.59. The van der Waals surface area contributed by atoms with Gasteiger partial charge >= 0.3 is 0 Å². The second kappa shape index (κ2) is 5.76. The summed E-state index contributed by atoms with van der Waals surface area (Å²) in [5.41, 5.74) is 8.17. The van der Waals surface area contributed by atoms with Crippen LogP contribution in [-0.4, -0.2) is 7.11 Å². The summed E-state index contributed by atoms with van der Waals surface area (Å²) in [5.74, 6) is 1.42. The van der Waals surface area contributed by atoms with Gasteiger partial charge in [0.05, 0.1) is 12.1 Å². The van der Waals surface area contributed by atoms with Gasteiger partial charge in [-0.25, -0.2) is 0 Å². The van der Waals surface area contributed by atoms with E-state index < -0.39 is 0 Å². The zero-order chi connectivity index (χ0) is 15.0. The van der Waals surface area contributed by atoms with Gasteiger partial charge in [-0.1, -0.05) is 29.3 Å². The van der Waals surface area contributed by atoms with Crippen LogP contribution in [-0.2, 0) is 0 Å². The molecule has 0 saturated heterocycles. The van der Waals surface area contributed by atoms with Crippen molar-refractivity contribution in [2.75, 3.05) is 7.11 Å². The molecular formula is C16H15Cl2NO2. The standard InChI is InChI=1S/C16H15Cl2NO2/c1-20-15-4-2-9(6-12(15)18)16-8-13(19)11-7-10(17)3-5-14(11)21-16/h2-7,13,16H,8,19H2,1H3/t13-,16?/m1/s1. The van der Waals surface area contributed by atoms with Gasteiger partial charge in [-0.2, -0.15) is 0 Å². The fraction of sp³-hybridized carbons (Fsp3) is 0.250. The molecule has 0 bridgehead atoms. The summed E-state index contributed by atoms with van der Waals surface area (Å²) >= 11 is 12.2. The first-order valence-corrected chi connectivity index (χ1v) is 7.39. The lowest BCUT2D eigenvalue weighted by Gasteiger charge is -2.30. The van der Waals surface area contributed by atoms with Crippen molar-refractivity contribution in [2.24, 2.45) is 5.73 Å². The highest BCUT2D eigenvalue weighted by Gasteiger charge is 2.27. The Morgan fingerprint density at radius 1 is 1.19 bits per heavy atom. The lowest BCUT2D eigenvalue weighted by atomic mass is 9.93. The smallest absolute Gasteiger partial charge is 0.137 e. The number of ether oxygens (including phenoxy) is 2. The van der Waals surface area contributed by atoms with Crippen LogP contribution in [0.1, 0.15) is 29.7 Å². The molecule has 110 valence electrons. The first-order chi connectivity index (χ1) is 10.1. The second-order valence-electron chi connectivity index (χ2n) is 5.02. The maximum atomic E-state index is 6.24.